The zero-order chi connectivity index (χ0) is 8.22. The molecule has 0 aromatic carbocycles. The van der Waals surface area contributed by atoms with Gasteiger partial charge in [0.25, 0.3) is 0 Å². The van der Waals surface area contributed by atoms with E-state index in [0.29, 0.717) is 0 Å². The molecule has 2 rings (SSSR count). The van der Waals surface area contributed by atoms with Crippen LogP contribution in [0.4, 0.5) is 0 Å². The molecular weight excluding hydrogens is 148 g/mol. The Morgan fingerprint density at radius 3 is 2.91 bits per heavy atom. The zero-order valence-electron chi connectivity index (χ0n) is 6.40. The third kappa shape index (κ3) is 0.903. The van der Waals surface area contributed by atoms with Gasteiger partial charge in [-0.3, -0.25) is 4.79 Å². The fourth-order valence-electron chi connectivity index (χ4n) is 1.45. The van der Waals surface area contributed by atoms with Crippen LogP contribution in [0.15, 0.2) is 0 Å². The summed E-state index contributed by atoms with van der Waals surface area (Å²) in [5.41, 5.74) is 0. The Morgan fingerprint density at radius 1 is 1.64 bits per heavy atom. The van der Waals surface area contributed by atoms with Crippen LogP contribution in [-0.4, -0.2) is 35.0 Å². The normalized spacial score (nSPS) is 55.5. The number of fused-ring (bicyclic) bond motifs is 1. The number of aliphatic hydroxyl groups is 1. The number of hydrogen-bond donors (Lipinski definition) is 1. The van der Waals surface area contributed by atoms with Gasteiger partial charge >= 0.3 is 0 Å². The van der Waals surface area contributed by atoms with E-state index in [1.807, 2.05) is 0 Å². The minimum Gasteiger partial charge on any atom is -0.364 e. The molecule has 2 aliphatic heterocycles. The largest absolute Gasteiger partial charge is 0.364 e. The van der Waals surface area contributed by atoms with E-state index in [4.69, 9.17) is 9.47 Å². The highest BCUT2D eigenvalue weighted by Crippen LogP contribution is 2.39. The molecule has 0 aromatic rings. The molecule has 0 amide bonds. The quantitative estimate of drug-likeness (QED) is 0.480. The summed E-state index contributed by atoms with van der Waals surface area (Å²) in [6.07, 6.45) is -1.41. The maximum absolute atomic E-state index is 11.1. The van der Waals surface area contributed by atoms with Gasteiger partial charge in [-0.25, -0.2) is 0 Å². The summed E-state index contributed by atoms with van der Waals surface area (Å²) >= 11 is 0. The van der Waals surface area contributed by atoms with Crippen molar-refractivity contribution in [2.24, 2.45) is 0 Å². The maximum Gasteiger partial charge on any atom is 0.193 e. The highest BCUT2D eigenvalue weighted by molar-refractivity contribution is 5.90. The number of rotatable bonds is 0. The molecule has 4 atom stereocenters. The second-order valence-corrected chi connectivity index (χ2v) is 3.19. The van der Waals surface area contributed by atoms with E-state index in [-0.39, 0.29) is 5.78 Å². The van der Waals surface area contributed by atoms with Gasteiger partial charge in [0.2, 0.25) is 0 Å². The Balaban J connectivity index is 2.20. The Morgan fingerprint density at radius 2 is 2.27 bits per heavy atom. The first-order valence-electron chi connectivity index (χ1n) is 3.62. The molecule has 11 heavy (non-hydrogen) atoms. The topological polar surface area (TPSA) is 59.1 Å². The molecule has 2 fully saturated rings. The average molecular weight is 158 g/mol. The summed E-state index contributed by atoms with van der Waals surface area (Å²) in [5, 5.41) is 9.47. The van der Waals surface area contributed by atoms with E-state index < -0.39 is 24.1 Å². The number of carbonyl (C=O) groups is 1. The third-order valence-electron chi connectivity index (χ3n) is 2.12. The first-order chi connectivity index (χ1) is 5.02. The van der Waals surface area contributed by atoms with Crippen molar-refractivity contribution in [3.8, 4) is 0 Å². The van der Waals surface area contributed by atoms with Crippen LogP contribution in [0.3, 0.4) is 0 Å². The molecule has 0 saturated carbocycles. The van der Waals surface area contributed by atoms with Crippen LogP contribution in [0.2, 0.25) is 0 Å². The standard InChI is InChI=1S/C7H10O4/c1-3-4(8)5-6(10-5)7(2,9)11-3/h3,5-6,9H,1-2H3/t3-,5+,6+,7+/m1/s1. The van der Waals surface area contributed by atoms with Gasteiger partial charge in [0.05, 0.1) is 0 Å². The molecule has 0 aromatic heterocycles. The van der Waals surface area contributed by atoms with Crippen molar-refractivity contribution in [3.05, 3.63) is 0 Å². The fraction of sp³-hybridized carbons (Fsp3) is 0.857. The van der Waals surface area contributed by atoms with Crippen LogP contribution in [0.1, 0.15) is 13.8 Å². The molecule has 0 aliphatic carbocycles. The summed E-state index contributed by atoms with van der Waals surface area (Å²) in [4.78, 5) is 11.1. The second-order valence-electron chi connectivity index (χ2n) is 3.19. The minimum atomic E-state index is -1.28. The van der Waals surface area contributed by atoms with Crippen molar-refractivity contribution in [2.75, 3.05) is 0 Å². The van der Waals surface area contributed by atoms with Crippen molar-refractivity contribution < 1.29 is 19.4 Å². The Bertz CT molecular complexity index is 206. The SMILES string of the molecule is C[C@H]1O[C@](C)(O)[C@H]2O[C@H]2C1=O. The van der Waals surface area contributed by atoms with Crippen LogP contribution >= 0.6 is 0 Å². The molecule has 1 N–H and O–H groups in total. The van der Waals surface area contributed by atoms with E-state index in [1.54, 1.807) is 6.92 Å². The molecular formula is C7H10O4. The lowest BCUT2D eigenvalue weighted by Gasteiger charge is -2.28. The van der Waals surface area contributed by atoms with Gasteiger partial charge in [-0.2, -0.15) is 0 Å². The highest BCUT2D eigenvalue weighted by Gasteiger charge is 2.62. The summed E-state index contributed by atoms with van der Waals surface area (Å²) in [6, 6.07) is 0. The summed E-state index contributed by atoms with van der Waals surface area (Å²) in [5.74, 6) is -1.35. The third-order valence-corrected chi connectivity index (χ3v) is 2.12. The number of epoxide rings is 1. The number of carbonyl (C=O) groups excluding carboxylic acids is 1. The summed E-state index contributed by atoms with van der Waals surface area (Å²) in [7, 11) is 0. The van der Waals surface area contributed by atoms with Crippen LogP contribution < -0.4 is 0 Å². The summed E-state index contributed by atoms with van der Waals surface area (Å²) in [6.45, 7) is 3.13. The molecule has 2 aliphatic rings. The van der Waals surface area contributed by atoms with Gasteiger partial charge in [0.15, 0.2) is 17.7 Å². The van der Waals surface area contributed by atoms with Crippen molar-refractivity contribution in [3.63, 3.8) is 0 Å². The number of ether oxygens (including phenoxy) is 2. The van der Waals surface area contributed by atoms with E-state index in [0.717, 1.165) is 0 Å². The molecule has 62 valence electrons. The first kappa shape index (κ1) is 7.21. The van der Waals surface area contributed by atoms with E-state index in [2.05, 4.69) is 0 Å². The van der Waals surface area contributed by atoms with E-state index >= 15 is 0 Å². The van der Waals surface area contributed by atoms with Gasteiger partial charge in [-0.1, -0.05) is 0 Å². The lowest BCUT2D eigenvalue weighted by Crippen LogP contribution is -2.48. The van der Waals surface area contributed by atoms with E-state index in [1.165, 1.54) is 6.92 Å². The van der Waals surface area contributed by atoms with Crippen molar-refractivity contribution in [2.45, 2.75) is 37.9 Å². The lowest BCUT2D eigenvalue weighted by molar-refractivity contribution is -0.228. The number of Topliss-reactive ketones (excluding diaryl/α,β-unsaturated/α-hetero) is 1. The first-order valence-corrected chi connectivity index (χ1v) is 3.62. The van der Waals surface area contributed by atoms with E-state index in [9.17, 15) is 9.90 Å². The zero-order valence-corrected chi connectivity index (χ0v) is 6.40. The molecule has 0 unspecified atom stereocenters. The smallest absolute Gasteiger partial charge is 0.193 e. The minimum absolute atomic E-state index is 0.0680. The predicted molar refractivity (Wildman–Crippen MR) is 34.8 cm³/mol. The molecule has 0 radical (unpaired) electrons. The monoisotopic (exact) mass is 158 g/mol. The number of ketones is 1. The van der Waals surface area contributed by atoms with Gasteiger partial charge in [-0.15, -0.1) is 0 Å². The molecule has 2 heterocycles. The summed E-state index contributed by atoms with van der Waals surface area (Å²) < 4.78 is 9.97. The molecule has 0 spiro atoms. The van der Waals surface area contributed by atoms with Crippen molar-refractivity contribution in [1.82, 2.24) is 0 Å². The molecule has 0 bridgehead atoms. The lowest BCUT2D eigenvalue weighted by atomic mass is 10.0. The Labute approximate surface area is 64.1 Å². The average Bonchev–Trinajstić information content (AvgIpc) is 2.60. The van der Waals surface area contributed by atoms with Crippen LogP contribution in [0, 0.1) is 0 Å². The maximum atomic E-state index is 11.1. The van der Waals surface area contributed by atoms with Crippen molar-refractivity contribution in [1.29, 1.82) is 0 Å². The Hall–Kier alpha value is -0.450. The molecule has 2 saturated heterocycles. The predicted octanol–water partition coefficient (Wildman–Crippen LogP) is -0.550. The van der Waals surface area contributed by atoms with Gasteiger partial charge in [0, 0.05) is 0 Å². The molecule has 4 nitrogen and oxygen atoms in total. The van der Waals surface area contributed by atoms with Gasteiger partial charge in [-0.05, 0) is 13.8 Å². The van der Waals surface area contributed by atoms with Crippen LogP contribution in [0.25, 0.3) is 0 Å². The fourth-order valence-corrected chi connectivity index (χ4v) is 1.45. The van der Waals surface area contributed by atoms with Gasteiger partial charge in [0.1, 0.15) is 12.2 Å². The molecule has 4 heteroatoms. The highest BCUT2D eigenvalue weighted by atomic mass is 16.7. The van der Waals surface area contributed by atoms with Crippen molar-refractivity contribution >= 4 is 5.78 Å². The Kier molecular flexibility index (Phi) is 1.20. The van der Waals surface area contributed by atoms with Crippen LogP contribution in [-0.2, 0) is 14.3 Å². The second kappa shape index (κ2) is 1.83. The van der Waals surface area contributed by atoms with Crippen LogP contribution in [0.5, 0.6) is 0 Å². The number of hydrogen-bond acceptors (Lipinski definition) is 4. The van der Waals surface area contributed by atoms with Gasteiger partial charge < -0.3 is 14.6 Å².